The fraction of sp³-hybridized carbons (Fsp3) is 0.240. The molecule has 0 aliphatic heterocycles. The van der Waals surface area contributed by atoms with Crippen LogP contribution in [0.15, 0.2) is 54.6 Å². The second-order valence-electron chi connectivity index (χ2n) is 7.88. The number of hydrogen-bond acceptors (Lipinski definition) is 3. The molecule has 1 unspecified atom stereocenters. The highest BCUT2D eigenvalue weighted by Crippen LogP contribution is 2.38. The van der Waals surface area contributed by atoms with Gasteiger partial charge in [-0.2, -0.15) is 0 Å². The summed E-state index contributed by atoms with van der Waals surface area (Å²) in [6.07, 6.45) is -1.12. The van der Waals surface area contributed by atoms with E-state index < -0.39 is 29.5 Å². The van der Waals surface area contributed by atoms with E-state index in [9.17, 15) is 23.1 Å². The SMILES string of the molecule is Cc1c(OC(C(=O)O)C(C)C)ccc(F)c1N(C)c1cc(-c2cccc(F)c2)ccc1F. The van der Waals surface area contributed by atoms with Crippen molar-refractivity contribution in [1.29, 1.82) is 0 Å². The fourth-order valence-corrected chi connectivity index (χ4v) is 3.53. The summed E-state index contributed by atoms with van der Waals surface area (Å²) in [4.78, 5) is 12.9. The Morgan fingerprint density at radius 1 is 0.969 bits per heavy atom. The topological polar surface area (TPSA) is 49.8 Å². The zero-order chi connectivity index (χ0) is 23.6. The summed E-state index contributed by atoms with van der Waals surface area (Å²) in [5.74, 6) is -2.90. The van der Waals surface area contributed by atoms with Gasteiger partial charge < -0.3 is 14.7 Å². The van der Waals surface area contributed by atoms with Gasteiger partial charge in [0.1, 0.15) is 23.2 Å². The van der Waals surface area contributed by atoms with Crippen molar-refractivity contribution in [3.63, 3.8) is 0 Å². The zero-order valence-electron chi connectivity index (χ0n) is 18.2. The molecule has 1 atom stereocenters. The van der Waals surface area contributed by atoms with Crippen molar-refractivity contribution < 1.29 is 27.8 Å². The summed E-state index contributed by atoms with van der Waals surface area (Å²) >= 11 is 0. The summed E-state index contributed by atoms with van der Waals surface area (Å²) in [6, 6.07) is 12.7. The molecule has 3 aromatic rings. The predicted molar refractivity (Wildman–Crippen MR) is 118 cm³/mol. The third kappa shape index (κ3) is 4.72. The average Bonchev–Trinajstić information content (AvgIpc) is 2.73. The maximum atomic E-state index is 14.8. The number of benzene rings is 3. The van der Waals surface area contributed by atoms with Crippen molar-refractivity contribution >= 4 is 17.3 Å². The summed E-state index contributed by atoms with van der Waals surface area (Å²) in [6.45, 7) is 4.99. The van der Waals surface area contributed by atoms with E-state index in [-0.39, 0.29) is 23.0 Å². The van der Waals surface area contributed by atoms with E-state index >= 15 is 0 Å². The summed E-state index contributed by atoms with van der Waals surface area (Å²) in [7, 11) is 1.50. The molecule has 0 aliphatic carbocycles. The third-order valence-corrected chi connectivity index (χ3v) is 5.24. The lowest BCUT2D eigenvalue weighted by molar-refractivity contribution is -0.147. The van der Waals surface area contributed by atoms with Crippen LogP contribution in [0.3, 0.4) is 0 Å². The molecule has 32 heavy (non-hydrogen) atoms. The zero-order valence-corrected chi connectivity index (χ0v) is 18.2. The van der Waals surface area contributed by atoms with Gasteiger partial charge in [0.15, 0.2) is 6.10 Å². The van der Waals surface area contributed by atoms with Gasteiger partial charge in [-0.15, -0.1) is 0 Å². The molecule has 0 heterocycles. The first kappa shape index (κ1) is 23.2. The Morgan fingerprint density at radius 2 is 1.62 bits per heavy atom. The molecule has 0 spiro atoms. The van der Waals surface area contributed by atoms with E-state index in [4.69, 9.17) is 4.74 Å². The summed E-state index contributed by atoms with van der Waals surface area (Å²) in [5.41, 5.74) is 1.56. The number of ether oxygens (including phenoxy) is 1. The number of halogens is 3. The number of hydrogen-bond donors (Lipinski definition) is 1. The molecular weight excluding hydrogens is 419 g/mol. The highest BCUT2D eigenvalue weighted by atomic mass is 19.1. The number of rotatable bonds is 7. The number of carbonyl (C=O) groups is 1. The molecule has 7 heteroatoms. The standard InChI is InChI=1S/C25H24F3NO3/c1-14(2)24(25(30)31)32-22-11-10-20(28)23(15(22)3)29(4)21-13-17(8-9-19(21)27)16-6-5-7-18(26)12-16/h5-14,24H,1-4H3,(H,30,31). The van der Waals surface area contributed by atoms with Gasteiger partial charge in [-0.3, -0.25) is 0 Å². The molecule has 168 valence electrons. The van der Waals surface area contributed by atoms with E-state index in [1.54, 1.807) is 32.9 Å². The normalized spacial score (nSPS) is 12.0. The van der Waals surface area contributed by atoms with Crippen LogP contribution in [-0.4, -0.2) is 24.2 Å². The molecular formula is C25H24F3NO3. The monoisotopic (exact) mass is 443 g/mol. The molecule has 0 saturated heterocycles. The Hall–Kier alpha value is -3.48. The number of anilines is 2. The van der Waals surface area contributed by atoms with E-state index in [0.717, 1.165) is 6.07 Å². The minimum Gasteiger partial charge on any atom is -0.478 e. The van der Waals surface area contributed by atoms with Crippen molar-refractivity contribution in [1.82, 2.24) is 0 Å². The summed E-state index contributed by atoms with van der Waals surface area (Å²) in [5, 5.41) is 9.42. The molecule has 3 rings (SSSR count). The van der Waals surface area contributed by atoms with Gasteiger partial charge in [0.25, 0.3) is 0 Å². The quantitative estimate of drug-likeness (QED) is 0.463. The van der Waals surface area contributed by atoms with Gasteiger partial charge in [-0.05, 0) is 54.4 Å². The van der Waals surface area contributed by atoms with E-state index in [0.29, 0.717) is 16.7 Å². The van der Waals surface area contributed by atoms with Crippen LogP contribution in [0.1, 0.15) is 19.4 Å². The second kappa shape index (κ2) is 9.34. The molecule has 0 amide bonds. The lowest BCUT2D eigenvalue weighted by Crippen LogP contribution is -2.32. The molecule has 0 fully saturated rings. The minimum absolute atomic E-state index is 0.0469. The Labute approximate surface area is 184 Å². The van der Waals surface area contributed by atoms with Crippen molar-refractivity contribution in [2.24, 2.45) is 5.92 Å². The van der Waals surface area contributed by atoms with Crippen LogP contribution in [0.25, 0.3) is 11.1 Å². The Kier molecular flexibility index (Phi) is 6.77. The van der Waals surface area contributed by atoms with Crippen LogP contribution in [0.4, 0.5) is 24.5 Å². The van der Waals surface area contributed by atoms with Crippen LogP contribution in [-0.2, 0) is 4.79 Å². The van der Waals surface area contributed by atoms with Crippen molar-refractivity contribution in [2.45, 2.75) is 26.9 Å². The predicted octanol–water partition coefficient (Wildman–Crippen LogP) is 6.34. The minimum atomic E-state index is -1.13. The molecule has 0 bridgehead atoms. The highest BCUT2D eigenvalue weighted by Gasteiger charge is 2.26. The van der Waals surface area contributed by atoms with Crippen LogP contribution in [0.2, 0.25) is 0 Å². The molecule has 1 N–H and O–H groups in total. The van der Waals surface area contributed by atoms with Crippen LogP contribution in [0, 0.1) is 30.3 Å². The van der Waals surface area contributed by atoms with Gasteiger partial charge >= 0.3 is 5.97 Å². The van der Waals surface area contributed by atoms with Gasteiger partial charge in [0.2, 0.25) is 0 Å². The van der Waals surface area contributed by atoms with Gasteiger partial charge in [-0.25, -0.2) is 18.0 Å². The molecule has 0 radical (unpaired) electrons. The Morgan fingerprint density at radius 3 is 2.25 bits per heavy atom. The number of aliphatic carboxylic acids is 1. The Bertz CT molecular complexity index is 1150. The van der Waals surface area contributed by atoms with E-state index in [2.05, 4.69) is 0 Å². The van der Waals surface area contributed by atoms with Crippen molar-refractivity contribution in [3.05, 3.63) is 77.6 Å². The highest BCUT2D eigenvalue weighted by molar-refractivity contribution is 5.76. The maximum absolute atomic E-state index is 14.8. The van der Waals surface area contributed by atoms with E-state index in [1.165, 1.54) is 48.3 Å². The summed E-state index contributed by atoms with van der Waals surface area (Å²) < 4.78 is 48.9. The number of carboxylic acid groups (broad SMARTS) is 1. The van der Waals surface area contributed by atoms with Crippen LogP contribution < -0.4 is 9.64 Å². The van der Waals surface area contributed by atoms with Crippen LogP contribution in [0.5, 0.6) is 5.75 Å². The smallest absolute Gasteiger partial charge is 0.345 e. The first-order chi connectivity index (χ1) is 15.1. The molecule has 0 aromatic heterocycles. The average molecular weight is 443 g/mol. The van der Waals surface area contributed by atoms with Gasteiger partial charge in [-0.1, -0.05) is 32.0 Å². The van der Waals surface area contributed by atoms with Crippen LogP contribution >= 0.6 is 0 Å². The lowest BCUT2D eigenvalue weighted by atomic mass is 10.0. The third-order valence-electron chi connectivity index (χ3n) is 5.24. The molecule has 0 aliphatic rings. The first-order valence-electron chi connectivity index (χ1n) is 10.1. The number of nitrogens with zero attached hydrogens (tertiary/aromatic N) is 1. The van der Waals surface area contributed by atoms with Gasteiger partial charge in [0.05, 0.1) is 11.4 Å². The molecule has 4 nitrogen and oxygen atoms in total. The first-order valence-corrected chi connectivity index (χ1v) is 10.1. The van der Waals surface area contributed by atoms with Gasteiger partial charge in [0, 0.05) is 18.5 Å². The maximum Gasteiger partial charge on any atom is 0.345 e. The largest absolute Gasteiger partial charge is 0.478 e. The van der Waals surface area contributed by atoms with Crippen molar-refractivity contribution in [3.8, 4) is 16.9 Å². The lowest BCUT2D eigenvalue weighted by Gasteiger charge is -2.26. The van der Waals surface area contributed by atoms with Crippen molar-refractivity contribution in [2.75, 3.05) is 11.9 Å². The van der Waals surface area contributed by atoms with E-state index in [1.807, 2.05) is 0 Å². The molecule has 3 aromatic carbocycles. The number of carboxylic acids is 1. The fourth-order valence-electron chi connectivity index (χ4n) is 3.53. The second-order valence-corrected chi connectivity index (χ2v) is 7.88. The Balaban J connectivity index is 2.05. The molecule has 0 saturated carbocycles.